The van der Waals surface area contributed by atoms with Gasteiger partial charge >= 0.3 is 0 Å². The molecule has 3 atom stereocenters. The number of allylic oxidation sites excluding steroid dienone is 9. The zero-order valence-corrected chi connectivity index (χ0v) is 24.7. The van der Waals surface area contributed by atoms with Gasteiger partial charge in [0.15, 0.2) is 0 Å². The molecule has 1 aromatic rings. The number of rotatable bonds is 3. The van der Waals surface area contributed by atoms with Crippen molar-refractivity contribution in [3.8, 4) is 0 Å². The van der Waals surface area contributed by atoms with Crippen LogP contribution in [0, 0.1) is 11.8 Å². The van der Waals surface area contributed by atoms with Gasteiger partial charge in [-0.15, -0.1) is 0 Å². The highest BCUT2D eigenvalue weighted by atomic mass is 28.3. The minimum atomic E-state index is -1.50. The number of hydrogen-bond donors (Lipinski definition) is 0. The first-order chi connectivity index (χ1) is 15.3. The highest BCUT2D eigenvalue weighted by Crippen LogP contribution is 2.63. The van der Waals surface area contributed by atoms with Crippen LogP contribution in [-0.4, -0.2) is 24.2 Å². The molecule has 0 heterocycles. The number of hydrogen-bond acceptors (Lipinski definition) is 0. The zero-order valence-electron chi connectivity index (χ0n) is 21.7. The topological polar surface area (TPSA) is 0 Å². The van der Waals surface area contributed by atoms with Crippen LogP contribution in [0.4, 0.5) is 0 Å². The Morgan fingerprint density at radius 1 is 0.697 bits per heavy atom. The van der Waals surface area contributed by atoms with Crippen molar-refractivity contribution in [2.75, 3.05) is 0 Å². The van der Waals surface area contributed by atoms with Crippen molar-refractivity contribution in [2.24, 2.45) is 11.8 Å². The van der Waals surface area contributed by atoms with Gasteiger partial charge in [0.05, 0.1) is 24.2 Å². The maximum atomic E-state index is 2.62. The highest BCUT2D eigenvalue weighted by Gasteiger charge is 2.53. The molecular weight excluding hydrogens is 445 g/mol. The minimum Gasteiger partial charge on any atom is -0.0733 e. The van der Waals surface area contributed by atoms with Crippen molar-refractivity contribution in [1.82, 2.24) is 0 Å². The third-order valence-electron chi connectivity index (χ3n) is 8.95. The van der Waals surface area contributed by atoms with Gasteiger partial charge in [0.2, 0.25) is 0 Å². The first kappa shape index (κ1) is 20.7. The Balaban J connectivity index is 1.72. The van der Waals surface area contributed by atoms with Crippen LogP contribution in [0.5, 0.6) is 0 Å². The molecule has 0 saturated heterocycles. The van der Waals surface area contributed by atoms with Crippen molar-refractivity contribution in [1.29, 1.82) is 0 Å². The van der Waals surface area contributed by atoms with Crippen LogP contribution in [0.2, 0.25) is 58.9 Å². The van der Waals surface area contributed by atoms with Gasteiger partial charge in [-0.2, -0.15) is 0 Å². The molecule has 0 amide bonds. The summed E-state index contributed by atoms with van der Waals surface area (Å²) < 4.78 is 0. The summed E-state index contributed by atoms with van der Waals surface area (Å²) in [5.74, 6) is 1.56. The lowest BCUT2D eigenvalue weighted by Crippen LogP contribution is -2.37. The smallest absolute Gasteiger partial charge is 0.0733 e. The molecule has 0 aromatic heterocycles. The van der Waals surface area contributed by atoms with E-state index in [-0.39, 0.29) is 0 Å². The lowest BCUT2D eigenvalue weighted by Gasteiger charge is -2.35. The number of benzene rings is 1. The van der Waals surface area contributed by atoms with E-state index in [9.17, 15) is 0 Å². The second kappa shape index (κ2) is 5.75. The van der Waals surface area contributed by atoms with E-state index in [1.807, 2.05) is 0 Å². The van der Waals surface area contributed by atoms with Crippen LogP contribution in [-0.2, 0) is 0 Å². The van der Waals surface area contributed by atoms with Gasteiger partial charge in [-0.05, 0) is 54.6 Å². The Hall–Kier alpha value is -1.69. The van der Waals surface area contributed by atoms with Crippen LogP contribution in [0.15, 0.2) is 63.9 Å². The molecule has 3 heteroatoms. The van der Waals surface area contributed by atoms with Crippen molar-refractivity contribution in [2.45, 2.75) is 64.8 Å². The van der Waals surface area contributed by atoms with Gasteiger partial charge < -0.3 is 0 Å². The Labute approximate surface area is 201 Å². The molecule has 7 rings (SSSR count). The van der Waals surface area contributed by atoms with Crippen molar-refractivity contribution < 1.29 is 0 Å². The summed E-state index contributed by atoms with van der Waals surface area (Å²) in [6.07, 6.45) is 10.4. The fourth-order valence-corrected chi connectivity index (χ4v) is 14.8. The van der Waals surface area contributed by atoms with Gasteiger partial charge in [0, 0.05) is 17.8 Å². The molecule has 0 radical (unpaired) electrons. The van der Waals surface area contributed by atoms with E-state index >= 15 is 0 Å². The van der Waals surface area contributed by atoms with Gasteiger partial charge in [0.25, 0.3) is 0 Å². The summed E-state index contributed by atoms with van der Waals surface area (Å²) in [6, 6.07) is 5.09. The summed E-state index contributed by atoms with van der Waals surface area (Å²) in [5, 5.41) is 8.61. The first-order valence-electron chi connectivity index (χ1n) is 12.8. The van der Waals surface area contributed by atoms with Crippen molar-refractivity contribution >= 4 is 40.2 Å². The Kier molecular flexibility index (Phi) is 3.60. The molecule has 0 fully saturated rings. The fraction of sp³-hybridized carbons (Fsp3) is 0.400. The molecule has 168 valence electrons. The SMILES string of the molecule is C[Si](C)(C)C1=C2C=CC3C4=C5C(=C3[Si](C)(C)C)C=CC3C([Si](C)(C)C)=c6ccc1c(c6=C53)C24. The van der Waals surface area contributed by atoms with Gasteiger partial charge in [-0.1, -0.05) is 106 Å². The van der Waals surface area contributed by atoms with E-state index in [1.54, 1.807) is 65.0 Å². The lowest BCUT2D eigenvalue weighted by molar-refractivity contribution is 0.788. The van der Waals surface area contributed by atoms with Gasteiger partial charge in [-0.3, -0.25) is 0 Å². The predicted octanol–water partition coefficient (Wildman–Crippen LogP) is 6.48. The summed E-state index contributed by atoms with van der Waals surface area (Å²) in [5.41, 5.74) is 11.8. The van der Waals surface area contributed by atoms with E-state index in [0.717, 1.165) is 0 Å². The van der Waals surface area contributed by atoms with Crippen LogP contribution < -0.4 is 10.4 Å². The van der Waals surface area contributed by atoms with Gasteiger partial charge in [-0.25, -0.2) is 0 Å². The molecule has 0 aliphatic heterocycles. The fourth-order valence-electron chi connectivity index (χ4n) is 8.29. The van der Waals surface area contributed by atoms with Crippen molar-refractivity contribution in [3.05, 3.63) is 85.5 Å². The van der Waals surface area contributed by atoms with E-state index in [2.05, 4.69) is 95.4 Å². The second-order valence-corrected chi connectivity index (χ2v) is 29.2. The van der Waals surface area contributed by atoms with E-state index < -0.39 is 24.2 Å². The standard InChI is InChI=1S/C30H36Si3/c1-31(2,3)28-16-10-12-18-24-22(16)23-17(28)11-13-19-25(23)27-21(30(19)33(7,8)9)15-14-20(26(24)27)29(18)32(4,5)6/h10-16,19,24H,1-9H3. The van der Waals surface area contributed by atoms with Gasteiger partial charge in [0.1, 0.15) is 0 Å². The van der Waals surface area contributed by atoms with E-state index in [4.69, 9.17) is 0 Å². The molecule has 0 nitrogen and oxygen atoms in total. The predicted molar refractivity (Wildman–Crippen MR) is 152 cm³/mol. The van der Waals surface area contributed by atoms with E-state index in [1.165, 1.54) is 0 Å². The maximum absolute atomic E-state index is 2.62. The van der Waals surface area contributed by atoms with Crippen LogP contribution in [0.3, 0.4) is 0 Å². The van der Waals surface area contributed by atoms with E-state index in [0.29, 0.717) is 17.8 Å². The molecule has 0 bridgehead atoms. The highest BCUT2D eigenvalue weighted by molar-refractivity contribution is 6.94. The largest absolute Gasteiger partial charge is 0.0788 e. The molecule has 33 heavy (non-hydrogen) atoms. The molecule has 0 N–H and O–H groups in total. The van der Waals surface area contributed by atoms with Crippen LogP contribution in [0.25, 0.3) is 16.0 Å². The zero-order chi connectivity index (χ0) is 23.4. The maximum Gasteiger partial charge on any atom is 0.0788 e. The summed E-state index contributed by atoms with van der Waals surface area (Å²) in [7, 11) is -4.46. The quantitative estimate of drug-likeness (QED) is 0.435. The normalized spacial score (nSPS) is 28.3. The monoisotopic (exact) mass is 480 g/mol. The molecule has 6 aliphatic rings. The molecule has 0 spiro atoms. The Bertz CT molecular complexity index is 1500. The molecule has 0 saturated carbocycles. The summed E-state index contributed by atoms with van der Waals surface area (Å²) >= 11 is 0. The third-order valence-corrected chi connectivity index (χ3v) is 15.4. The second-order valence-electron chi connectivity index (χ2n) is 14.1. The average Bonchev–Trinajstić information content (AvgIpc) is 3.29. The third kappa shape index (κ3) is 2.28. The Morgan fingerprint density at radius 3 is 2.00 bits per heavy atom. The minimum absolute atomic E-state index is 0.511. The van der Waals surface area contributed by atoms with Crippen molar-refractivity contribution in [3.63, 3.8) is 0 Å². The van der Waals surface area contributed by atoms with Crippen LogP contribution >= 0.6 is 0 Å². The summed E-state index contributed by atoms with van der Waals surface area (Å²) in [4.78, 5) is 0. The first-order valence-corrected chi connectivity index (χ1v) is 23.3. The molecule has 3 unspecified atom stereocenters. The molecule has 1 aromatic carbocycles. The van der Waals surface area contributed by atoms with Crippen LogP contribution in [0.1, 0.15) is 17.0 Å². The Morgan fingerprint density at radius 2 is 1.36 bits per heavy atom. The molecular formula is C30H36Si3. The molecule has 6 aliphatic carbocycles. The lowest BCUT2D eigenvalue weighted by atomic mass is 9.70. The summed E-state index contributed by atoms with van der Waals surface area (Å²) in [6.45, 7) is 23.1. The average molecular weight is 481 g/mol.